The zero-order chi connectivity index (χ0) is 13.3. The Morgan fingerprint density at radius 1 is 1.22 bits per heavy atom. The van der Waals surface area contributed by atoms with E-state index in [1.165, 1.54) is 6.07 Å². The minimum Gasteiger partial charge on any atom is -0.477 e. The molecule has 0 spiro atoms. The number of alkyl halides is 3. The summed E-state index contributed by atoms with van der Waals surface area (Å²) >= 11 is 0.876. The highest BCUT2D eigenvalue weighted by Crippen LogP contribution is 2.30. The Bertz CT molecular complexity index is 578. The van der Waals surface area contributed by atoms with E-state index in [1.54, 1.807) is 0 Å². The first-order valence-electron chi connectivity index (χ1n) is 4.60. The molecule has 94 valence electrons. The minimum atomic E-state index is -4.49. The molecule has 0 unspecified atom stereocenters. The van der Waals surface area contributed by atoms with Crippen molar-refractivity contribution in [2.75, 3.05) is 0 Å². The van der Waals surface area contributed by atoms with Gasteiger partial charge in [-0.15, -0.1) is 11.3 Å². The van der Waals surface area contributed by atoms with Crippen molar-refractivity contribution in [1.82, 2.24) is 9.97 Å². The maximum atomic E-state index is 12.3. The van der Waals surface area contributed by atoms with Crippen LogP contribution in [-0.4, -0.2) is 21.0 Å². The van der Waals surface area contributed by atoms with E-state index in [2.05, 4.69) is 9.97 Å². The van der Waals surface area contributed by atoms with Crippen molar-refractivity contribution in [3.63, 3.8) is 0 Å². The first kappa shape index (κ1) is 12.5. The van der Waals surface area contributed by atoms with E-state index in [0.29, 0.717) is 10.6 Å². The summed E-state index contributed by atoms with van der Waals surface area (Å²) in [6.07, 6.45) is -2.32. The van der Waals surface area contributed by atoms with Crippen LogP contribution in [0.25, 0.3) is 10.6 Å². The van der Waals surface area contributed by atoms with Gasteiger partial charge in [0.25, 0.3) is 0 Å². The highest BCUT2D eigenvalue weighted by Gasteiger charge is 2.32. The van der Waals surface area contributed by atoms with Crippen LogP contribution < -0.4 is 0 Å². The zero-order valence-corrected chi connectivity index (χ0v) is 9.42. The van der Waals surface area contributed by atoms with Gasteiger partial charge in [0.2, 0.25) is 0 Å². The van der Waals surface area contributed by atoms with Gasteiger partial charge in [-0.3, -0.25) is 4.98 Å². The molecule has 0 bridgehead atoms. The molecule has 2 aromatic rings. The Morgan fingerprint density at radius 2 is 1.94 bits per heavy atom. The first-order chi connectivity index (χ1) is 8.38. The van der Waals surface area contributed by atoms with Gasteiger partial charge in [-0.25, -0.2) is 9.78 Å². The molecule has 0 amide bonds. The Morgan fingerprint density at radius 3 is 2.39 bits per heavy atom. The molecule has 18 heavy (non-hydrogen) atoms. The summed E-state index contributed by atoms with van der Waals surface area (Å²) in [6.45, 7) is 0. The fourth-order valence-electron chi connectivity index (χ4n) is 1.19. The third-order valence-electron chi connectivity index (χ3n) is 2.02. The van der Waals surface area contributed by atoms with Crippen molar-refractivity contribution >= 4 is 17.3 Å². The fourth-order valence-corrected chi connectivity index (χ4v) is 1.94. The van der Waals surface area contributed by atoms with Crippen LogP contribution in [0.15, 0.2) is 24.5 Å². The number of rotatable bonds is 2. The predicted molar refractivity (Wildman–Crippen MR) is 57.3 cm³/mol. The highest BCUT2D eigenvalue weighted by atomic mass is 32.1. The van der Waals surface area contributed by atoms with Gasteiger partial charge in [0.1, 0.15) is 15.6 Å². The monoisotopic (exact) mass is 274 g/mol. The number of carboxylic acids is 1. The number of thiazole rings is 1. The Hall–Kier alpha value is -1.96. The number of nitrogens with zero attached hydrogens (tertiary/aromatic N) is 2. The van der Waals surface area contributed by atoms with Crippen LogP contribution in [0.1, 0.15) is 15.4 Å². The van der Waals surface area contributed by atoms with Crippen molar-refractivity contribution in [2.45, 2.75) is 6.18 Å². The Labute approximate surface area is 103 Å². The maximum absolute atomic E-state index is 12.3. The third kappa shape index (κ3) is 2.48. The molecular formula is C10H5F3N2O2S. The number of aromatic nitrogens is 2. The second-order valence-electron chi connectivity index (χ2n) is 3.26. The van der Waals surface area contributed by atoms with Crippen molar-refractivity contribution in [3.8, 4) is 10.6 Å². The molecule has 2 rings (SSSR count). The molecular weight excluding hydrogens is 269 g/mol. The van der Waals surface area contributed by atoms with E-state index in [-0.39, 0.29) is 4.88 Å². The zero-order valence-electron chi connectivity index (χ0n) is 8.60. The summed E-state index contributed by atoms with van der Waals surface area (Å²) in [4.78, 5) is 17.7. The molecule has 0 aromatic carbocycles. The van der Waals surface area contributed by atoms with Crippen LogP contribution in [0.4, 0.5) is 13.2 Å². The summed E-state index contributed by atoms with van der Waals surface area (Å²) in [5.74, 6) is -1.13. The number of carbonyl (C=O) groups is 1. The van der Waals surface area contributed by atoms with Gasteiger partial charge in [0, 0.05) is 11.8 Å². The first-order valence-corrected chi connectivity index (χ1v) is 5.42. The van der Waals surface area contributed by atoms with Crippen LogP contribution >= 0.6 is 11.3 Å². The second kappa shape index (κ2) is 4.37. The van der Waals surface area contributed by atoms with E-state index in [9.17, 15) is 18.0 Å². The average Bonchev–Trinajstić information content (AvgIpc) is 2.77. The number of halogens is 3. The molecule has 0 saturated heterocycles. The van der Waals surface area contributed by atoms with Crippen molar-refractivity contribution in [1.29, 1.82) is 0 Å². The Kier molecular flexibility index (Phi) is 3.04. The fraction of sp³-hybridized carbons (Fsp3) is 0.100. The molecule has 0 aliphatic carbocycles. The van der Waals surface area contributed by atoms with Crippen LogP contribution in [-0.2, 0) is 6.18 Å². The average molecular weight is 274 g/mol. The summed E-state index contributed by atoms with van der Waals surface area (Å²) in [7, 11) is 0. The lowest BCUT2D eigenvalue weighted by Gasteiger charge is -2.04. The molecule has 1 N–H and O–H groups in total. The lowest BCUT2D eigenvalue weighted by atomic mass is 10.2. The van der Waals surface area contributed by atoms with E-state index in [0.717, 1.165) is 29.8 Å². The summed E-state index contributed by atoms with van der Waals surface area (Å²) in [5.41, 5.74) is -0.651. The topological polar surface area (TPSA) is 63.1 Å². The van der Waals surface area contributed by atoms with Gasteiger partial charge < -0.3 is 5.11 Å². The molecule has 0 aliphatic heterocycles. The normalized spacial score (nSPS) is 11.5. The Balaban J connectivity index is 2.31. The van der Waals surface area contributed by atoms with E-state index in [1.807, 2.05) is 0 Å². The van der Waals surface area contributed by atoms with Gasteiger partial charge in [-0.2, -0.15) is 13.2 Å². The summed E-state index contributed by atoms with van der Waals surface area (Å²) in [5, 5.41) is 9.02. The minimum absolute atomic E-state index is 0.0184. The summed E-state index contributed by atoms with van der Waals surface area (Å²) < 4.78 is 36.8. The van der Waals surface area contributed by atoms with Gasteiger partial charge >= 0.3 is 12.1 Å². The molecule has 0 radical (unpaired) electrons. The molecule has 0 saturated carbocycles. The summed E-state index contributed by atoms with van der Waals surface area (Å²) in [6, 6.07) is 2.04. The largest absolute Gasteiger partial charge is 0.477 e. The lowest BCUT2D eigenvalue weighted by molar-refractivity contribution is -0.141. The second-order valence-corrected chi connectivity index (χ2v) is 4.30. The van der Waals surface area contributed by atoms with Crippen molar-refractivity contribution in [2.24, 2.45) is 0 Å². The molecule has 2 heterocycles. The predicted octanol–water partition coefficient (Wildman–Crippen LogP) is 2.92. The molecule has 0 atom stereocenters. The molecule has 0 aliphatic rings. The maximum Gasteiger partial charge on any atom is 0.433 e. The molecule has 0 fully saturated rings. The standard InChI is InChI=1S/C10H5F3N2O2S/c11-10(12,13)7-2-1-5(3-14-7)8-15-4-6(18-8)9(16)17/h1-4H,(H,16,17). The van der Waals surface area contributed by atoms with E-state index < -0.39 is 17.8 Å². The molecule has 2 aromatic heterocycles. The SMILES string of the molecule is O=C(O)c1cnc(-c2ccc(C(F)(F)F)nc2)s1. The van der Waals surface area contributed by atoms with Crippen molar-refractivity contribution < 1.29 is 23.1 Å². The number of pyridine rings is 1. The number of carboxylic acid groups (broad SMARTS) is 1. The van der Waals surface area contributed by atoms with Gasteiger partial charge in [0.05, 0.1) is 6.20 Å². The van der Waals surface area contributed by atoms with Crippen LogP contribution in [0.2, 0.25) is 0 Å². The van der Waals surface area contributed by atoms with E-state index >= 15 is 0 Å². The number of hydrogen-bond donors (Lipinski definition) is 1. The quantitative estimate of drug-likeness (QED) is 0.914. The van der Waals surface area contributed by atoms with Crippen LogP contribution in [0.3, 0.4) is 0 Å². The molecule has 8 heteroatoms. The van der Waals surface area contributed by atoms with Crippen LogP contribution in [0, 0.1) is 0 Å². The third-order valence-corrected chi connectivity index (χ3v) is 3.05. The van der Waals surface area contributed by atoms with Gasteiger partial charge in [-0.1, -0.05) is 0 Å². The van der Waals surface area contributed by atoms with Crippen molar-refractivity contribution in [3.05, 3.63) is 35.1 Å². The highest BCUT2D eigenvalue weighted by molar-refractivity contribution is 7.16. The smallest absolute Gasteiger partial charge is 0.433 e. The number of aromatic carboxylic acids is 1. The van der Waals surface area contributed by atoms with E-state index in [4.69, 9.17) is 5.11 Å². The number of hydrogen-bond acceptors (Lipinski definition) is 4. The van der Waals surface area contributed by atoms with Crippen LogP contribution in [0.5, 0.6) is 0 Å². The van der Waals surface area contributed by atoms with Gasteiger partial charge in [-0.05, 0) is 12.1 Å². The lowest BCUT2D eigenvalue weighted by Crippen LogP contribution is -2.07. The molecule has 4 nitrogen and oxygen atoms in total. The van der Waals surface area contributed by atoms with Gasteiger partial charge in [0.15, 0.2) is 0 Å².